The van der Waals surface area contributed by atoms with E-state index in [-0.39, 0.29) is 22.3 Å². The van der Waals surface area contributed by atoms with Gasteiger partial charge in [-0.25, -0.2) is 54.5 Å². The van der Waals surface area contributed by atoms with E-state index in [2.05, 4.69) is 18.2 Å². The van der Waals surface area contributed by atoms with E-state index in [0.717, 1.165) is 128 Å². The molecule has 0 unspecified atom stereocenters. The molecule has 0 spiro atoms. The van der Waals surface area contributed by atoms with Crippen LogP contribution in [0.25, 0.3) is 216 Å². The lowest BCUT2D eigenvalue weighted by molar-refractivity contribution is 0.454. The lowest BCUT2D eigenvalue weighted by Gasteiger charge is -2.13. The summed E-state index contributed by atoms with van der Waals surface area (Å²) in [6, 6.07) is 113. The molecule has 0 aliphatic heterocycles. The van der Waals surface area contributed by atoms with Crippen LogP contribution < -0.4 is 0 Å². The van der Waals surface area contributed by atoms with Crippen LogP contribution in [0.4, 0.5) is 39.5 Å². The highest BCUT2D eigenvalue weighted by atomic mass is 19.2. The Labute approximate surface area is 820 Å². The van der Waals surface area contributed by atoms with Crippen molar-refractivity contribution in [2.75, 3.05) is 0 Å². The van der Waals surface area contributed by atoms with Crippen LogP contribution in [0.15, 0.2) is 340 Å². The molecule has 6 heterocycles. The first-order chi connectivity index (χ1) is 71.2. The molecule has 24 rings (SSSR count). The fraction of sp³-hybridized carbons (Fsp3) is 0. The summed E-state index contributed by atoms with van der Waals surface area (Å²) in [6.45, 7) is 0. The van der Waals surface area contributed by atoms with Crippen LogP contribution in [0.5, 0.6) is 0 Å². The van der Waals surface area contributed by atoms with Gasteiger partial charge in [0.2, 0.25) is 0 Å². The second-order valence-electron chi connectivity index (χ2n) is 33.8. The summed E-state index contributed by atoms with van der Waals surface area (Å²) in [5.41, 5.74) is 14.1. The molecule has 0 saturated heterocycles. The second-order valence-corrected chi connectivity index (χ2v) is 33.8. The molecule has 0 fully saturated rings. The minimum Gasteiger partial charge on any atom is -0.247 e. The Kier molecular flexibility index (Phi) is 22.9. The molecule has 28 heteroatoms. The summed E-state index contributed by atoms with van der Waals surface area (Å²) in [7, 11) is 0. The summed E-state index contributed by atoms with van der Waals surface area (Å²) in [4.78, 5) is 20.0. The molecule has 0 N–H and O–H groups in total. The van der Waals surface area contributed by atoms with Crippen LogP contribution >= 0.6 is 0 Å². The van der Waals surface area contributed by atoms with Gasteiger partial charge in [0.25, 0.3) is 0 Å². The third-order valence-corrected chi connectivity index (χ3v) is 25.4. The van der Waals surface area contributed by atoms with Gasteiger partial charge in [-0.3, -0.25) is 0 Å². The van der Waals surface area contributed by atoms with Crippen LogP contribution in [0, 0.1) is 132 Å². The van der Waals surface area contributed by atoms with Crippen molar-refractivity contribution >= 4 is 98.1 Å². The zero-order chi connectivity index (χ0) is 100. The number of para-hydroxylation sites is 3. The van der Waals surface area contributed by atoms with Crippen molar-refractivity contribution in [1.82, 2.24) is 59.9 Å². The fourth-order valence-electron chi connectivity index (χ4n) is 18.2. The zero-order valence-corrected chi connectivity index (χ0v) is 75.2. The SMILES string of the molecule is N#Cc1ccc(-c2ccc3c(c2)nc(-c2ccc(-c4c(F)c(C#N)c(F)c(C#N)c4F)cc2)c2ccc4nn(-c5ccccc5)nc4c23)cc1.N#Cc1ccc(-c2ccc3c(c2)nc(-c2ccc(-c4c(F)c(F)c(C#N)c(F)c4F)cc2)c2ccc4nn(-c5ccccc5)nc4c23)cc1.N#Cc1ccc(-c2ccc3c(c2)nc(-c2ccc(-c4c(F)cc(C#N)cc4F)cc2)c2ccc4nn(-c5ccccc5)nc4c23)cc1. The monoisotopic (exact) mass is 1910 g/mol. The van der Waals surface area contributed by atoms with Crippen LogP contribution in [0.2, 0.25) is 0 Å². The number of rotatable bonds is 12. The van der Waals surface area contributed by atoms with E-state index in [0.29, 0.717) is 89.1 Å². The standard InChI is InChI=1S/C40H18F3N7.C39H18F4N6.C39H20F2N6/c41-36-30(20-45)37(42)34(38(43)31(36)21-46)24-10-12-25(13-11-24)39-29-16-17-32-40(49-50(48-32)27-4-2-1-3-5-27)35(29)28-15-14-26(18-33(28)47-39)23-8-6-22(19-44)7-9-23;40-34-29(20-45)35(41)37(43)32(36(34)42)23-10-12-24(13-11-23)38-28-16-17-30-39(48-49(47-30)26-4-2-1-3-5-26)33(28)27-15-14-25(18-31(27)46-38)22-8-6-21(19-44)7-9-22;40-32-18-24(22-43)19-33(41)36(32)26-10-12-27(13-11-26)38-31-16-17-34-39(46-47(45-34)29-4-2-1-3-5-29)37(31)30-15-14-28(20-35(30)44-38)25-8-6-23(21-42)7-9-25/h1-18H;1-18H;1-20H. The minimum absolute atomic E-state index is 0.0122. The van der Waals surface area contributed by atoms with Gasteiger partial charge in [-0.15, -0.1) is 30.6 Å². The molecule has 686 valence electrons. The highest BCUT2D eigenvalue weighted by Crippen LogP contribution is 2.46. The van der Waals surface area contributed by atoms with E-state index in [1.165, 1.54) is 42.5 Å². The van der Waals surface area contributed by atoms with Gasteiger partial charge in [0.15, 0.2) is 40.7 Å². The van der Waals surface area contributed by atoms with Crippen molar-refractivity contribution in [3.05, 3.63) is 431 Å². The Balaban J connectivity index is 0.000000125. The topological polar surface area (TPSA) is 297 Å². The maximum atomic E-state index is 15.2. The number of fused-ring (bicyclic) bond motifs is 15. The van der Waals surface area contributed by atoms with E-state index >= 15 is 8.78 Å². The average molecular weight is 1910 g/mol. The summed E-state index contributed by atoms with van der Waals surface area (Å²) < 4.78 is 133. The second kappa shape index (κ2) is 37.0. The maximum Gasteiger partial charge on any atom is 0.180 e. The van der Waals surface area contributed by atoms with Gasteiger partial charge in [0.05, 0.1) is 114 Å². The summed E-state index contributed by atoms with van der Waals surface area (Å²) in [5, 5.41) is 101. The van der Waals surface area contributed by atoms with E-state index in [1.54, 1.807) is 105 Å². The molecule has 0 radical (unpaired) electrons. The first-order valence-corrected chi connectivity index (χ1v) is 44.8. The number of benzene rings is 18. The highest BCUT2D eigenvalue weighted by Gasteiger charge is 2.31. The summed E-state index contributed by atoms with van der Waals surface area (Å²) in [6.07, 6.45) is 0. The number of hydrogen-bond donors (Lipinski definition) is 0. The average Bonchev–Trinajstić information content (AvgIpc) is 1.24. The van der Waals surface area contributed by atoms with Gasteiger partial charge in [-0.2, -0.15) is 51.2 Å². The van der Waals surface area contributed by atoms with E-state index in [1.807, 2.05) is 218 Å². The lowest BCUT2D eigenvalue weighted by Crippen LogP contribution is -2.03. The predicted octanol–water partition coefficient (Wildman–Crippen LogP) is 27.7. The molecule has 0 atom stereocenters. The minimum atomic E-state index is -1.76. The molecule has 0 aliphatic rings. The largest absolute Gasteiger partial charge is 0.247 e. The summed E-state index contributed by atoms with van der Waals surface area (Å²) in [5.74, 6) is -12.7. The van der Waals surface area contributed by atoms with Gasteiger partial charge in [0, 0.05) is 65.2 Å². The van der Waals surface area contributed by atoms with Crippen molar-refractivity contribution < 1.29 is 39.5 Å². The Bertz CT molecular complexity index is 9820. The third-order valence-electron chi connectivity index (χ3n) is 25.4. The molecule has 18 aromatic carbocycles. The van der Waals surface area contributed by atoms with E-state index in [4.69, 9.17) is 56.1 Å². The van der Waals surface area contributed by atoms with Crippen molar-refractivity contribution in [3.8, 4) is 160 Å². The number of nitrogens with zero attached hydrogens (tertiary/aromatic N) is 19. The number of hydrogen-bond acceptors (Lipinski definition) is 16. The number of nitriles is 7. The molecule has 19 nitrogen and oxygen atoms in total. The molecule has 0 bridgehead atoms. The number of aromatic nitrogens is 12. The van der Waals surface area contributed by atoms with Crippen LogP contribution in [0.1, 0.15) is 38.9 Å². The summed E-state index contributed by atoms with van der Waals surface area (Å²) >= 11 is 0. The van der Waals surface area contributed by atoms with Crippen molar-refractivity contribution in [2.45, 2.75) is 0 Å². The van der Waals surface area contributed by atoms with Crippen molar-refractivity contribution in [1.29, 1.82) is 36.8 Å². The Morgan fingerprint density at radius 3 is 0.733 bits per heavy atom. The molecule has 0 amide bonds. The van der Waals surface area contributed by atoms with Gasteiger partial charge in [-0.1, -0.05) is 200 Å². The molecular formula is C118H56F9N19. The molecule has 0 saturated carbocycles. The van der Waals surface area contributed by atoms with Crippen LogP contribution in [-0.4, -0.2) is 59.9 Å². The number of pyridine rings is 3. The normalized spacial score (nSPS) is 11.1. The van der Waals surface area contributed by atoms with Crippen molar-refractivity contribution in [2.24, 2.45) is 0 Å². The molecule has 6 aromatic heterocycles. The zero-order valence-electron chi connectivity index (χ0n) is 75.2. The lowest BCUT2D eigenvalue weighted by atomic mass is 9.94. The molecule has 24 aromatic rings. The molecule has 0 aliphatic carbocycles. The van der Waals surface area contributed by atoms with Crippen LogP contribution in [-0.2, 0) is 0 Å². The number of halogens is 9. The Morgan fingerprint density at radius 1 is 0.192 bits per heavy atom. The van der Waals surface area contributed by atoms with Crippen molar-refractivity contribution in [3.63, 3.8) is 0 Å². The quantitative estimate of drug-likeness (QED) is 0.0623. The van der Waals surface area contributed by atoms with Gasteiger partial charge < -0.3 is 0 Å². The van der Waals surface area contributed by atoms with E-state index < -0.39 is 80.2 Å². The fourth-order valence-corrected chi connectivity index (χ4v) is 18.2. The molecule has 146 heavy (non-hydrogen) atoms. The molecular weight excluding hydrogens is 1850 g/mol. The van der Waals surface area contributed by atoms with Gasteiger partial charge in [0.1, 0.15) is 79.6 Å². The third kappa shape index (κ3) is 15.9. The highest BCUT2D eigenvalue weighted by molar-refractivity contribution is 6.24. The smallest absolute Gasteiger partial charge is 0.180 e. The van der Waals surface area contributed by atoms with Crippen LogP contribution in [0.3, 0.4) is 0 Å². The Morgan fingerprint density at radius 2 is 0.445 bits per heavy atom. The maximum absolute atomic E-state index is 15.2. The van der Waals surface area contributed by atoms with Gasteiger partial charge >= 0.3 is 0 Å². The van der Waals surface area contributed by atoms with E-state index in [9.17, 15) is 57.0 Å². The Hall–Kier alpha value is -21.0. The first kappa shape index (κ1) is 90.1. The van der Waals surface area contributed by atoms with Gasteiger partial charge in [-0.05, 0) is 190 Å². The predicted molar refractivity (Wildman–Crippen MR) is 537 cm³/mol. The first-order valence-electron chi connectivity index (χ1n) is 44.8.